The first-order chi connectivity index (χ1) is 8.43. The van der Waals surface area contributed by atoms with Gasteiger partial charge in [0.25, 0.3) is 0 Å². The summed E-state index contributed by atoms with van der Waals surface area (Å²) in [6.07, 6.45) is 1.53. The van der Waals surface area contributed by atoms with Gasteiger partial charge in [0.05, 0.1) is 23.7 Å². The Morgan fingerprint density at radius 3 is 2.83 bits per heavy atom. The number of nitrogens with one attached hydrogen (secondary N) is 1. The number of nitrogens with two attached hydrogens (primary N) is 1. The third-order valence-electron chi connectivity index (χ3n) is 2.23. The van der Waals surface area contributed by atoms with Gasteiger partial charge < -0.3 is 11.1 Å². The molecule has 0 radical (unpaired) electrons. The van der Waals surface area contributed by atoms with Crippen molar-refractivity contribution in [3.63, 3.8) is 0 Å². The largest absolute Gasteiger partial charge is 0.370 e. The van der Waals surface area contributed by atoms with E-state index in [0.717, 1.165) is 5.69 Å². The van der Waals surface area contributed by atoms with E-state index in [0.29, 0.717) is 6.54 Å². The molecule has 0 bridgehead atoms. The quantitative estimate of drug-likeness (QED) is 0.583. The first-order valence-electron chi connectivity index (χ1n) is 5.45. The SMILES string of the molecule is CNCc1cn(CCS(=O)(=O)CCC(N)=O)nn1. The fourth-order valence-electron chi connectivity index (χ4n) is 1.30. The predicted molar refractivity (Wildman–Crippen MR) is 65.3 cm³/mol. The average molecular weight is 275 g/mol. The second kappa shape index (κ2) is 6.45. The topological polar surface area (TPSA) is 120 Å². The molecule has 0 aliphatic carbocycles. The lowest BCUT2D eigenvalue weighted by molar-refractivity contribution is -0.117. The summed E-state index contributed by atoms with van der Waals surface area (Å²) < 4.78 is 24.6. The van der Waals surface area contributed by atoms with E-state index in [4.69, 9.17) is 5.73 Å². The molecule has 18 heavy (non-hydrogen) atoms. The third-order valence-corrected chi connectivity index (χ3v) is 3.87. The first-order valence-corrected chi connectivity index (χ1v) is 7.27. The number of aryl methyl sites for hydroxylation is 1. The summed E-state index contributed by atoms with van der Waals surface area (Å²) in [5, 5.41) is 10.6. The molecule has 0 atom stereocenters. The van der Waals surface area contributed by atoms with Crippen LogP contribution in [0.5, 0.6) is 0 Å². The Hall–Kier alpha value is -1.48. The van der Waals surface area contributed by atoms with Crippen LogP contribution in [-0.2, 0) is 27.7 Å². The summed E-state index contributed by atoms with van der Waals surface area (Å²) >= 11 is 0. The molecule has 0 aliphatic heterocycles. The van der Waals surface area contributed by atoms with Crippen LogP contribution in [0.25, 0.3) is 0 Å². The second-order valence-electron chi connectivity index (χ2n) is 3.87. The number of nitrogens with zero attached hydrogens (tertiary/aromatic N) is 3. The van der Waals surface area contributed by atoms with Gasteiger partial charge in [0.2, 0.25) is 5.91 Å². The van der Waals surface area contributed by atoms with Crippen molar-refractivity contribution >= 4 is 15.7 Å². The summed E-state index contributed by atoms with van der Waals surface area (Å²) in [5.74, 6) is -0.918. The van der Waals surface area contributed by atoms with E-state index in [1.54, 1.807) is 13.2 Å². The van der Waals surface area contributed by atoms with Crippen LogP contribution in [0.2, 0.25) is 0 Å². The Bertz CT molecular complexity index is 496. The number of carbonyl (C=O) groups is 1. The molecular formula is C9H17N5O3S. The molecule has 0 fully saturated rings. The third kappa shape index (κ3) is 5.23. The fraction of sp³-hybridized carbons (Fsp3) is 0.667. The Morgan fingerprint density at radius 2 is 2.22 bits per heavy atom. The van der Waals surface area contributed by atoms with Gasteiger partial charge in [0.1, 0.15) is 0 Å². The van der Waals surface area contributed by atoms with Crippen molar-refractivity contribution in [3.8, 4) is 0 Å². The standard InChI is InChI=1S/C9H17N5O3S/c1-11-6-8-7-14(13-12-8)3-5-18(16,17)4-2-9(10)15/h7,11H,2-6H2,1H3,(H2,10,15). The lowest BCUT2D eigenvalue weighted by Gasteiger charge is -2.02. The van der Waals surface area contributed by atoms with Crippen molar-refractivity contribution in [2.75, 3.05) is 18.6 Å². The monoisotopic (exact) mass is 275 g/mol. The van der Waals surface area contributed by atoms with Gasteiger partial charge in [-0.15, -0.1) is 5.10 Å². The van der Waals surface area contributed by atoms with Crippen molar-refractivity contribution in [2.24, 2.45) is 5.73 Å². The number of rotatable bonds is 8. The van der Waals surface area contributed by atoms with Crippen molar-refractivity contribution in [1.82, 2.24) is 20.3 Å². The first kappa shape index (κ1) is 14.6. The molecule has 102 valence electrons. The summed E-state index contributed by atoms with van der Waals surface area (Å²) in [7, 11) is -1.50. The van der Waals surface area contributed by atoms with Gasteiger partial charge in [-0.2, -0.15) is 0 Å². The molecule has 1 aromatic rings. The lowest BCUT2D eigenvalue weighted by atomic mass is 10.5. The summed E-state index contributed by atoms with van der Waals surface area (Å²) in [5.41, 5.74) is 5.65. The van der Waals surface area contributed by atoms with Crippen molar-refractivity contribution in [1.29, 1.82) is 0 Å². The van der Waals surface area contributed by atoms with Crippen LogP contribution in [0.3, 0.4) is 0 Å². The van der Waals surface area contributed by atoms with Crippen LogP contribution in [0.4, 0.5) is 0 Å². The fourth-order valence-corrected chi connectivity index (χ4v) is 2.48. The number of carbonyl (C=O) groups excluding carboxylic acids is 1. The van der Waals surface area contributed by atoms with Gasteiger partial charge >= 0.3 is 0 Å². The second-order valence-corrected chi connectivity index (χ2v) is 6.18. The van der Waals surface area contributed by atoms with Crippen LogP contribution in [0.15, 0.2) is 6.20 Å². The van der Waals surface area contributed by atoms with Gasteiger partial charge in [-0.05, 0) is 7.05 Å². The molecule has 0 saturated heterocycles. The molecule has 1 heterocycles. The number of hydrogen-bond donors (Lipinski definition) is 2. The van der Waals surface area contributed by atoms with Gasteiger partial charge in [0.15, 0.2) is 9.84 Å². The van der Waals surface area contributed by atoms with Crippen molar-refractivity contribution < 1.29 is 13.2 Å². The Balaban J connectivity index is 2.45. The minimum absolute atomic E-state index is 0.0807. The van der Waals surface area contributed by atoms with E-state index >= 15 is 0 Å². The maximum Gasteiger partial charge on any atom is 0.218 e. The number of hydrogen-bond acceptors (Lipinski definition) is 6. The maximum absolute atomic E-state index is 11.6. The molecule has 0 unspecified atom stereocenters. The minimum atomic E-state index is -3.28. The molecule has 0 aliphatic rings. The molecule has 0 spiro atoms. The minimum Gasteiger partial charge on any atom is -0.370 e. The molecule has 1 aromatic heterocycles. The smallest absolute Gasteiger partial charge is 0.218 e. The van der Waals surface area contributed by atoms with E-state index in [-0.39, 0.29) is 24.5 Å². The van der Waals surface area contributed by atoms with Crippen LogP contribution >= 0.6 is 0 Å². The van der Waals surface area contributed by atoms with Gasteiger partial charge in [-0.25, -0.2) is 8.42 Å². The highest BCUT2D eigenvalue weighted by Crippen LogP contribution is 1.98. The van der Waals surface area contributed by atoms with Crippen LogP contribution in [0.1, 0.15) is 12.1 Å². The lowest BCUT2D eigenvalue weighted by Crippen LogP contribution is -2.21. The summed E-state index contributed by atoms with van der Waals surface area (Å²) in [6.45, 7) is 0.798. The highest BCUT2D eigenvalue weighted by molar-refractivity contribution is 7.91. The van der Waals surface area contributed by atoms with Gasteiger partial charge in [-0.1, -0.05) is 5.21 Å². The van der Waals surface area contributed by atoms with E-state index in [9.17, 15) is 13.2 Å². The Labute approximate surface area is 105 Å². The van der Waals surface area contributed by atoms with Crippen LogP contribution < -0.4 is 11.1 Å². The van der Waals surface area contributed by atoms with Gasteiger partial charge in [0, 0.05) is 19.2 Å². The normalized spacial score (nSPS) is 11.6. The van der Waals surface area contributed by atoms with Crippen LogP contribution in [0, 0.1) is 0 Å². The Morgan fingerprint density at radius 1 is 1.50 bits per heavy atom. The van der Waals surface area contributed by atoms with Crippen LogP contribution in [-0.4, -0.2) is 47.9 Å². The Kier molecular flexibility index (Phi) is 5.23. The summed E-state index contributed by atoms with van der Waals surface area (Å²) in [4.78, 5) is 10.5. The summed E-state index contributed by atoms with van der Waals surface area (Å²) in [6, 6.07) is 0. The molecule has 0 saturated carbocycles. The molecule has 0 aromatic carbocycles. The zero-order valence-corrected chi connectivity index (χ0v) is 11.0. The number of sulfone groups is 1. The average Bonchev–Trinajstić information content (AvgIpc) is 2.73. The van der Waals surface area contributed by atoms with Crippen molar-refractivity contribution in [2.45, 2.75) is 19.5 Å². The molecular weight excluding hydrogens is 258 g/mol. The van der Waals surface area contributed by atoms with E-state index in [1.165, 1.54) is 4.68 Å². The molecule has 9 heteroatoms. The zero-order valence-electron chi connectivity index (χ0n) is 10.2. The van der Waals surface area contributed by atoms with E-state index in [2.05, 4.69) is 15.6 Å². The predicted octanol–water partition coefficient (Wildman–Crippen LogP) is -1.71. The maximum atomic E-state index is 11.6. The highest BCUT2D eigenvalue weighted by atomic mass is 32.2. The van der Waals surface area contributed by atoms with E-state index < -0.39 is 15.7 Å². The molecule has 3 N–H and O–H groups in total. The molecule has 1 amide bonds. The van der Waals surface area contributed by atoms with Gasteiger partial charge in [-0.3, -0.25) is 9.48 Å². The zero-order chi connectivity index (χ0) is 13.6. The van der Waals surface area contributed by atoms with Crippen molar-refractivity contribution in [3.05, 3.63) is 11.9 Å². The highest BCUT2D eigenvalue weighted by Gasteiger charge is 2.13. The molecule has 1 rings (SSSR count). The number of aromatic nitrogens is 3. The molecule has 8 nitrogen and oxygen atoms in total. The number of amides is 1. The van der Waals surface area contributed by atoms with E-state index in [1.807, 2.05) is 0 Å². The number of primary amides is 1.